The van der Waals surface area contributed by atoms with Crippen LogP contribution < -0.4 is 4.72 Å². The zero-order valence-electron chi connectivity index (χ0n) is 6.28. The van der Waals surface area contributed by atoms with E-state index >= 15 is 0 Å². The quantitative estimate of drug-likeness (QED) is 0.493. The standard InChI is InChI=1S/C6H13NO3S.Na.H/c8-11(9,10)7-6-4-2-1-3-5-6;;/h6-7H,1-5H2,(H,8,9,10);;. The molecular formula is C6H14NNaO3S. The van der Waals surface area contributed by atoms with E-state index in [1.807, 2.05) is 0 Å². The molecule has 0 saturated heterocycles. The van der Waals surface area contributed by atoms with Crippen LogP contribution in [0, 0.1) is 0 Å². The summed E-state index contributed by atoms with van der Waals surface area (Å²) in [7, 11) is -3.97. The third-order valence-corrected chi connectivity index (χ3v) is 2.55. The summed E-state index contributed by atoms with van der Waals surface area (Å²) in [5.41, 5.74) is 0. The Labute approximate surface area is 95.3 Å². The molecule has 1 aliphatic carbocycles. The van der Waals surface area contributed by atoms with Crippen LogP contribution in [0.3, 0.4) is 0 Å². The Kier molecular flexibility index (Phi) is 5.97. The van der Waals surface area contributed by atoms with Crippen molar-refractivity contribution >= 4 is 39.9 Å². The van der Waals surface area contributed by atoms with Crippen LogP contribution in [0.2, 0.25) is 0 Å². The second-order valence-electron chi connectivity index (χ2n) is 2.93. The summed E-state index contributed by atoms with van der Waals surface area (Å²) in [5, 5.41) is 0. The van der Waals surface area contributed by atoms with Crippen molar-refractivity contribution in [2.45, 2.75) is 38.1 Å². The van der Waals surface area contributed by atoms with Crippen molar-refractivity contribution < 1.29 is 13.0 Å². The summed E-state index contributed by atoms with van der Waals surface area (Å²) >= 11 is 0. The molecule has 0 radical (unpaired) electrons. The van der Waals surface area contributed by atoms with Gasteiger partial charge in [-0.25, -0.2) is 0 Å². The fourth-order valence-electron chi connectivity index (χ4n) is 1.43. The SMILES string of the molecule is O=S(=O)(O)NC1CCCCC1.[NaH]. The van der Waals surface area contributed by atoms with Gasteiger partial charge in [0.1, 0.15) is 0 Å². The predicted octanol–water partition coefficient (Wildman–Crippen LogP) is 0.0630. The summed E-state index contributed by atoms with van der Waals surface area (Å²) in [5.74, 6) is 0. The van der Waals surface area contributed by atoms with Gasteiger partial charge in [0, 0.05) is 6.04 Å². The Balaban J connectivity index is 0.00000121. The molecule has 1 aliphatic rings. The summed E-state index contributed by atoms with van der Waals surface area (Å²) < 4.78 is 31.3. The number of rotatable bonds is 2. The third-order valence-electron chi connectivity index (χ3n) is 1.92. The molecule has 2 N–H and O–H groups in total. The molecule has 1 rings (SSSR count). The van der Waals surface area contributed by atoms with Gasteiger partial charge in [0.25, 0.3) is 0 Å². The summed E-state index contributed by atoms with van der Waals surface area (Å²) in [6.45, 7) is 0. The number of nitrogens with one attached hydrogen (secondary N) is 1. The Hall–Kier alpha value is 0.870. The normalized spacial score (nSPS) is 20.1. The van der Waals surface area contributed by atoms with Gasteiger partial charge >= 0.3 is 39.9 Å². The van der Waals surface area contributed by atoms with Gasteiger partial charge in [-0.2, -0.15) is 13.1 Å². The predicted molar refractivity (Wildman–Crippen MR) is 48.7 cm³/mol. The van der Waals surface area contributed by atoms with Crippen molar-refractivity contribution in [3.8, 4) is 0 Å². The van der Waals surface area contributed by atoms with E-state index in [2.05, 4.69) is 4.72 Å². The van der Waals surface area contributed by atoms with Crippen molar-refractivity contribution in [1.29, 1.82) is 0 Å². The first-order chi connectivity index (χ1) is 5.08. The Bertz CT molecular complexity index is 211. The average molecular weight is 203 g/mol. The first-order valence-corrected chi connectivity index (χ1v) is 5.27. The Morgan fingerprint density at radius 3 is 2.08 bits per heavy atom. The minimum atomic E-state index is -3.97. The van der Waals surface area contributed by atoms with E-state index in [-0.39, 0.29) is 35.6 Å². The molecule has 0 heterocycles. The van der Waals surface area contributed by atoms with Gasteiger partial charge in [-0.05, 0) is 12.8 Å². The minimum absolute atomic E-state index is 0. The topological polar surface area (TPSA) is 66.4 Å². The van der Waals surface area contributed by atoms with E-state index in [0.29, 0.717) is 0 Å². The summed E-state index contributed by atoms with van der Waals surface area (Å²) in [6, 6.07) is -0.0428. The molecule has 0 atom stereocenters. The van der Waals surface area contributed by atoms with E-state index in [1.54, 1.807) is 0 Å². The van der Waals surface area contributed by atoms with Crippen molar-refractivity contribution in [2.75, 3.05) is 0 Å². The van der Waals surface area contributed by atoms with Crippen LogP contribution in [0.15, 0.2) is 0 Å². The Morgan fingerprint density at radius 1 is 1.17 bits per heavy atom. The second-order valence-corrected chi connectivity index (χ2v) is 4.11. The molecule has 0 aromatic rings. The summed E-state index contributed by atoms with van der Waals surface area (Å²) in [6.07, 6.45) is 4.96. The molecule has 0 aromatic heterocycles. The second kappa shape index (κ2) is 5.57. The molecule has 4 nitrogen and oxygen atoms in total. The van der Waals surface area contributed by atoms with Crippen LogP contribution in [0.1, 0.15) is 32.1 Å². The van der Waals surface area contributed by atoms with Crippen LogP contribution >= 0.6 is 0 Å². The average Bonchev–Trinajstić information content (AvgIpc) is 1.85. The molecule has 68 valence electrons. The van der Waals surface area contributed by atoms with Gasteiger partial charge in [0.05, 0.1) is 0 Å². The van der Waals surface area contributed by atoms with E-state index in [4.69, 9.17) is 4.55 Å². The molecular weight excluding hydrogens is 189 g/mol. The molecule has 12 heavy (non-hydrogen) atoms. The van der Waals surface area contributed by atoms with Crippen LogP contribution in [0.4, 0.5) is 0 Å². The molecule has 6 heteroatoms. The molecule has 1 fully saturated rings. The Morgan fingerprint density at radius 2 is 1.67 bits per heavy atom. The van der Waals surface area contributed by atoms with Crippen molar-refractivity contribution in [3.63, 3.8) is 0 Å². The molecule has 0 bridgehead atoms. The zero-order chi connectivity index (χ0) is 8.32. The third kappa shape index (κ3) is 5.50. The van der Waals surface area contributed by atoms with E-state index in [0.717, 1.165) is 25.7 Å². The molecule has 0 unspecified atom stereocenters. The first kappa shape index (κ1) is 12.9. The van der Waals surface area contributed by atoms with E-state index in [9.17, 15) is 8.42 Å². The van der Waals surface area contributed by atoms with Crippen LogP contribution in [-0.2, 0) is 10.3 Å². The molecule has 0 amide bonds. The zero-order valence-corrected chi connectivity index (χ0v) is 7.10. The van der Waals surface area contributed by atoms with E-state index < -0.39 is 10.3 Å². The van der Waals surface area contributed by atoms with Crippen molar-refractivity contribution in [3.05, 3.63) is 0 Å². The molecule has 0 aromatic carbocycles. The van der Waals surface area contributed by atoms with Crippen molar-refractivity contribution in [2.24, 2.45) is 0 Å². The molecule has 0 aliphatic heterocycles. The van der Waals surface area contributed by atoms with Crippen LogP contribution in [-0.4, -0.2) is 48.6 Å². The van der Waals surface area contributed by atoms with Gasteiger partial charge in [-0.15, -0.1) is 0 Å². The maximum atomic E-state index is 10.3. The van der Waals surface area contributed by atoms with Gasteiger partial charge in [0.2, 0.25) is 0 Å². The van der Waals surface area contributed by atoms with Gasteiger partial charge in [-0.3, -0.25) is 4.55 Å². The van der Waals surface area contributed by atoms with Gasteiger partial charge < -0.3 is 0 Å². The van der Waals surface area contributed by atoms with E-state index in [1.165, 1.54) is 6.42 Å². The van der Waals surface area contributed by atoms with Crippen molar-refractivity contribution in [1.82, 2.24) is 4.72 Å². The first-order valence-electron chi connectivity index (χ1n) is 3.83. The fourth-order valence-corrected chi connectivity index (χ4v) is 2.09. The fraction of sp³-hybridized carbons (Fsp3) is 1.00. The summed E-state index contributed by atoms with van der Waals surface area (Å²) in [4.78, 5) is 0. The van der Waals surface area contributed by atoms with Gasteiger partial charge in [-0.1, -0.05) is 19.3 Å². The number of hydrogen-bond acceptors (Lipinski definition) is 2. The molecule has 0 spiro atoms. The van der Waals surface area contributed by atoms with Crippen LogP contribution in [0.25, 0.3) is 0 Å². The van der Waals surface area contributed by atoms with Gasteiger partial charge in [0.15, 0.2) is 0 Å². The monoisotopic (exact) mass is 203 g/mol. The number of hydrogen-bond donors (Lipinski definition) is 2. The maximum absolute atomic E-state index is 10.3. The molecule has 1 saturated carbocycles. The van der Waals surface area contributed by atoms with Crippen LogP contribution in [0.5, 0.6) is 0 Å².